The minimum atomic E-state index is -0.205. The fourth-order valence-corrected chi connectivity index (χ4v) is 3.02. The molecule has 0 aliphatic carbocycles. The van der Waals surface area contributed by atoms with Gasteiger partial charge in [-0.15, -0.1) is 11.3 Å². The molecular weight excluding hydrogens is 329 g/mol. The molecule has 0 aliphatic rings. The zero-order chi connectivity index (χ0) is 15.4. The number of amides is 1. The third-order valence-corrected chi connectivity index (χ3v) is 4.34. The molecule has 1 unspecified atom stereocenters. The zero-order valence-corrected chi connectivity index (χ0v) is 13.7. The second-order valence-corrected chi connectivity index (χ2v) is 6.43. The van der Waals surface area contributed by atoms with Crippen LogP contribution in [0.3, 0.4) is 0 Å². The van der Waals surface area contributed by atoms with E-state index in [1.165, 1.54) is 11.3 Å². The Bertz CT molecular complexity index is 645. The molecule has 0 radical (unpaired) electrons. The fourth-order valence-electron chi connectivity index (χ4n) is 1.87. The van der Waals surface area contributed by atoms with Gasteiger partial charge in [0, 0.05) is 28.0 Å². The van der Waals surface area contributed by atoms with Crippen molar-refractivity contribution in [1.29, 1.82) is 0 Å². The molecule has 1 aromatic heterocycles. The number of nitrogens with one attached hydrogen (secondary N) is 1. The van der Waals surface area contributed by atoms with E-state index in [1.54, 1.807) is 17.5 Å². The lowest BCUT2D eigenvalue weighted by molar-refractivity contribution is 0.0935. The Morgan fingerprint density at radius 3 is 2.86 bits per heavy atom. The molecule has 3 N–H and O–H groups in total. The number of carbonyl (C=O) groups is 1. The van der Waals surface area contributed by atoms with Crippen LogP contribution in [0.4, 0.5) is 0 Å². The van der Waals surface area contributed by atoms with Crippen molar-refractivity contribution in [3.8, 4) is 0 Å². The molecule has 2 aromatic rings. The highest BCUT2D eigenvalue weighted by Gasteiger charge is 2.14. The second kappa shape index (κ2) is 7.22. The maximum Gasteiger partial charge on any atom is 0.270 e. The highest BCUT2D eigenvalue weighted by molar-refractivity contribution is 7.09. The van der Waals surface area contributed by atoms with Crippen LogP contribution in [0.1, 0.15) is 28.0 Å². The molecule has 1 amide bonds. The lowest BCUT2D eigenvalue weighted by atomic mass is 10.1. The number of nitrogens with zero attached hydrogens (tertiary/aromatic N) is 1. The maximum absolute atomic E-state index is 12.1. The summed E-state index contributed by atoms with van der Waals surface area (Å²) in [6, 6.07) is 5.27. The van der Waals surface area contributed by atoms with Crippen molar-refractivity contribution in [1.82, 2.24) is 10.3 Å². The molecule has 0 saturated heterocycles. The van der Waals surface area contributed by atoms with Crippen molar-refractivity contribution in [2.24, 2.45) is 5.73 Å². The third-order valence-electron chi connectivity index (χ3n) is 2.88. The molecule has 1 aromatic carbocycles. The van der Waals surface area contributed by atoms with E-state index < -0.39 is 0 Å². The van der Waals surface area contributed by atoms with Crippen molar-refractivity contribution in [2.75, 3.05) is 0 Å². The Morgan fingerprint density at radius 1 is 1.48 bits per heavy atom. The van der Waals surface area contributed by atoms with Gasteiger partial charge in [-0.05, 0) is 31.0 Å². The van der Waals surface area contributed by atoms with Crippen LogP contribution in [0.2, 0.25) is 10.0 Å². The number of halogens is 2. The number of hydrogen-bond donors (Lipinski definition) is 2. The normalized spacial score (nSPS) is 12.2. The minimum Gasteiger partial charge on any atom is -0.348 e. The first-order valence-corrected chi connectivity index (χ1v) is 8.02. The summed E-state index contributed by atoms with van der Waals surface area (Å²) in [5.41, 5.74) is 6.82. The third kappa shape index (κ3) is 4.41. The molecule has 4 nitrogen and oxygen atoms in total. The highest BCUT2D eigenvalue weighted by Crippen LogP contribution is 2.22. The van der Waals surface area contributed by atoms with Crippen molar-refractivity contribution < 1.29 is 4.79 Å². The van der Waals surface area contributed by atoms with Gasteiger partial charge >= 0.3 is 0 Å². The summed E-state index contributed by atoms with van der Waals surface area (Å²) in [4.78, 5) is 16.2. The van der Waals surface area contributed by atoms with Crippen molar-refractivity contribution in [3.05, 3.63) is 49.9 Å². The van der Waals surface area contributed by atoms with Crippen LogP contribution in [-0.2, 0) is 13.0 Å². The number of aromatic nitrogens is 1. The molecule has 0 bridgehead atoms. The van der Waals surface area contributed by atoms with Crippen LogP contribution in [0.25, 0.3) is 0 Å². The highest BCUT2D eigenvalue weighted by atomic mass is 35.5. The van der Waals surface area contributed by atoms with Crippen LogP contribution in [0, 0.1) is 0 Å². The topological polar surface area (TPSA) is 68.0 Å². The van der Waals surface area contributed by atoms with Gasteiger partial charge in [0.05, 0.1) is 0 Å². The first-order valence-electron chi connectivity index (χ1n) is 6.39. The van der Waals surface area contributed by atoms with E-state index in [0.29, 0.717) is 28.7 Å². The fraction of sp³-hybridized carbons (Fsp3) is 0.286. The molecule has 0 saturated carbocycles. The van der Waals surface area contributed by atoms with Crippen LogP contribution < -0.4 is 11.1 Å². The van der Waals surface area contributed by atoms with Gasteiger partial charge in [0.15, 0.2) is 0 Å². The summed E-state index contributed by atoms with van der Waals surface area (Å²) in [6.45, 7) is 2.26. The molecular formula is C14H15Cl2N3OS. The van der Waals surface area contributed by atoms with E-state index in [0.717, 1.165) is 10.6 Å². The summed E-state index contributed by atoms with van der Waals surface area (Å²) in [5, 5.41) is 6.54. The Morgan fingerprint density at radius 2 is 2.24 bits per heavy atom. The predicted octanol–water partition coefficient (Wildman–Crippen LogP) is 3.27. The summed E-state index contributed by atoms with van der Waals surface area (Å²) in [7, 11) is 0. The monoisotopic (exact) mass is 343 g/mol. The summed E-state index contributed by atoms with van der Waals surface area (Å²) in [5.74, 6) is -0.205. The standard InChI is InChI=1S/C14H15Cl2N3OS/c1-8(4-9-2-3-10(15)5-11(9)16)18-14(20)12-7-21-13(6-17)19-12/h2-3,5,7-8H,4,6,17H2,1H3,(H,18,20). The van der Waals surface area contributed by atoms with Crippen molar-refractivity contribution >= 4 is 40.4 Å². The predicted molar refractivity (Wildman–Crippen MR) is 87.1 cm³/mol. The number of carbonyl (C=O) groups excluding carboxylic acids is 1. The van der Waals surface area contributed by atoms with Crippen LogP contribution in [0.5, 0.6) is 0 Å². The molecule has 1 heterocycles. The summed E-state index contributed by atoms with van der Waals surface area (Å²) >= 11 is 13.4. The lowest BCUT2D eigenvalue weighted by Gasteiger charge is -2.14. The average Bonchev–Trinajstić information content (AvgIpc) is 2.91. The molecule has 0 fully saturated rings. The van der Waals surface area contributed by atoms with Gasteiger partial charge in [0.2, 0.25) is 0 Å². The Balaban J connectivity index is 1.97. The van der Waals surface area contributed by atoms with Gasteiger partial charge in [0.1, 0.15) is 10.7 Å². The Hall–Kier alpha value is -1.14. The zero-order valence-electron chi connectivity index (χ0n) is 11.4. The SMILES string of the molecule is CC(Cc1ccc(Cl)cc1Cl)NC(=O)c1csc(CN)n1. The molecule has 2 rings (SSSR count). The molecule has 0 spiro atoms. The van der Waals surface area contributed by atoms with Crippen molar-refractivity contribution in [2.45, 2.75) is 25.9 Å². The maximum atomic E-state index is 12.1. The number of rotatable bonds is 5. The summed E-state index contributed by atoms with van der Waals surface area (Å²) < 4.78 is 0. The summed E-state index contributed by atoms with van der Waals surface area (Å²) in [6.07, 6.45) is 0.621. The van der Waals surface area contributed by atoms with E-state index in [-0.39, 0.29) is 11.9 Å². The minimum absolute atomic E-state index is 0.0702. The van der Waals surface area contributed by atoms with E-state index in [2.05, 4.69) is 10.3 Å². The smallest absolute Gasteiger partial charge is 0.270 e. The first-order chi connectivity index (χ1) is 9.99. The number of thiazole rings is 1. The van der Waals surface area contributed by atoms with Crippen LogP contribution >= 0.6 is 34.5 Å². The lowest BCUT2D eigenvalue weighted by Crippen LogP contribution is -2.34. The van der Waals surface area contributed by atoms with E-state index in [4.69, 9.17) is 28.9 Å². The first kappa shape index (κ1) is 16.2. The Labute approximate surface area is 137 Å². The number of hydrogen-bond acceptors (Lipinski definition) is 4. The van der Waals surface area contributed by atoms with Gasteiger partial charge in [0.25, 0.3) is 5.91 Å². The molecule has 112 valence electrons. The largest absolute Gasteiger partial charge is 0.348 e. The van der Waals surface area contributed by atoms with Gasteiger partial charge in [-0.2, -0.15) is 0 Å². The second-order valence-electron chi connectivity index (χ2n) is 4.64. The van der Waals surface area contributed by atoms with E-state index in [1.807, 2.05) is 13.0 Å². The number of nitrogens with two attached hydrogens (primary N) is 1. The van der Waals surface area contributed by atoms with Crippen LogP contribution in [-0.4, -0.2) is 16.9 Å². The molecule has 21 heavy (non-hydrogen) atoms. The molecule has 1 atom stereocenters. The van der Waals surface area contributed by atoms with E-state index >= 15 is 0 Å². The average molecular weight is 344 g/mol. The Kier molecular flexibility index (Phi) is 5.58. The van der Waals surface area contributed by atoms with Gasteiger partial charge in [-0.25, -0.2) is 4.98 Å². The van der Waals surface area contributed by atoms with Crippen molar-refractivity contribution in [3.63, 3.8) is 0 Å². The van der Waals surface area contributed by atoms with Gasteiger partial charge in [-0.1, -0.05) is 29.3 Å². The number of benzene rings is 1. The van der Waals surface area contributed by atoms with Crippen LogP contribution in [0.15, 0.2) is 23.6 Å². The quantitative estimate of drug-likeness (QED) is 0.875. The molecule has 7 heteroatoms. The van der Waals surface area contributed by atoms with Gasteiger partial charge < -0.3 is 11.1 Å². The van der Waals surface area contributed by atoms with Gasteiger partial charge in [-0.3, -0.25) is 4.79 Å². The van der Waals surface area contributed by atoms with E-state index in [9.17, 15) is 4.79 Å². The molecule has 0 aliphatic heterocycles.